The van der Waals surface area contributed by atoms with Gasteiger partial charge in [-0.3, -0.25) is 4.79 Å². The van der Waals surface area contributed by atoms with Crippen molar-refractivity contribution in [2.24, 2.45) is 10.2 Å². The van der Waals surface area contributed by atoms with Crippen molar-refractivity contribution in [3.8, 4) is 5.69 Å². The SMILES string of the molecule is [C-]#[N+]c1[nH]n(-c2cc(C(=O)[O-])cc(C(=O)[O-])c2)c(=O)c1N=Nc1nnc(SC)s1.[K+].[K+]. The molecule has 16 heteroatoms. The second kappa shape index (κ2) is 12.6. The van der Waals surface area contributed by atoms with Crippen molar-refractivity contribution < 1.29 is 123 Å². The molecule has 3 rings (SSSR count). The smallest absolute Gasteiger partial charge is 0.545 e. The van der Waals surface area contributed by atoms with E-state index in [1.54, 1.807) is 6.26 Å². The Balaban J connectivity index is 0.00000240. The number of carbonyl (C=O) groups is 2. The van der Waals surface area contributed by atoms with Crippen LogP contribution in [0.25, 0.3) is 10.5 Å². The van der Waals surface area contributed by atoms with E-state index in [9.17, 15) is 24.6 Å². The molecule has 0 spiro atoms. The normalized spacial score (nSPS) is 10.2. The second-order valence-corrected chi connectivity index (χ2v) is 7.17. The number of carboxylic acid groups (broad SMARTS) is 2. The number of aromatic amines is 1. The second-order valence-electron chi connectivity index (χ2n) is 5.16. The number of carboxylic acids is 2. The Hall–Kier alpha value is -0.557. The van der Waals surface area contributed by atoms with Gasteiger partial charge in [0.05, 0.1) is 17.6 Å². The summed E-state index contributed by atoms with van der Waals surface area (Å²) >= 11 is 2.47. The summed E-state index contributed by atoms with van der Waals surface area (Å²) in [6, 6.07) is 2.84. The Kier molecular flexibility index (Phi) is 11.6. The average molecular weight is 508 g/mol. The van der Waals surface area contributed by atoms with Gasteiger partial charge in [-0.2, -0.15) is 9.80 Å². The van der Waals surface area contributed by atoms with E-state index < -0.39 is 28.6 Å². The number of H-pyrrole nitrogens is 1. The number of carbonyl (C=O) groups excluding carboxylic acids is 2. The van der Waals surface area contributed by atoms with Crippen molar-refractivity contribution >= 4 is 51.7 Å². The van der Waals surface area contributed by atoms with Crippen LogP contribution in [-0.2, 0) is 0 Å². The predicted octanol–water partition coefficient (Wildman–Crippen LogP) is -5.56. The molecule has 0 aliphatic heterocycles. The number of aromatic carboxylic acids is 2. The largest absolute Gasteiger partial charge is 1.00 e. The quantitative estimate of drug-likeness (QED) is 0.149. The van der Waals surface area contributed by atoms with Crippen LogP contribution in [0.5, 0.6) is 0 Å². The van der Waals surface area contributed by atoms with Crippen molar-refractivity contribution in [1.29, 1.82) is 0 Å². The summed E-state index contributed by atoms with van der Waals surface area (Å²) in [5.41, 5.74) is -2.37. The number of nitrogens with one attached hydrogen (secondary N) is 1. The molecule has 0 radical (unpaired) electrons. The third-order valence-electron chi connectivity index (χ3n) is 3.41. The molecule has 0 aliphatic carbocycles. The Labute approximate surface area is 267 Å². The molecule has 2 aromatic heterocycles. The Bertz CT molecular complexity index is 1230. The van der Waals surface area contributed by atoms with Gasteiger partial charge in [-0.15, -0.1) is 15.3 Å². The van der Waals surface area contributed by atoms with E-state index in [0.29, 0.717) is 4.34 Å². The van der Waals surface area contributed by atoms with Gasteiger partial charge in [0.1, 0.15) is 0 Å². The molecule has 0 bridgehead atoms. The van der Waals surface area contributed by atoms with Crippen molar-refractivity contribution in [3.63, 3.8) is 0 Å². The van der Waals surface area contributed by atoms with Gasteiger partial charge in [-0.05, 0) is 24.5 Å². The van der Waals surface area contributed by atoms with Gasteiger partial charge in [-0.1, -0.05) is 29.7 Å². The van der Waals surface area contributed by atoms with Crippen LogP contribution in [0.4, 0.5) is 16.6 Å². The summed E-state index contributed by atoms with van der Waals surface area (Å²) in [6.45, 7) is 7.20. The third kappa shape index (κ3) is 6.72. The molecule has 0 aliphatic rings. The van der Waals surface area contributed by atoms with Crippen molar-refractivity contribution in [2.75, 3.05) is 6.26 Å². The predicted molar refractivity (Wildman–Crippen MR) is 97.2 cm³/mol. The van der Waals surface area contributed by atoms with E-state index in [4.69, 9.17) is 6.57 Å². The van der Waals surface area contributed by atoms with Crippen LogP contribution in [0.1, 0.15) is 20.7 Å². The molecular weight excluding hydrogens is 501 g/mol. The fourth-order valence-electron chi connectivity index (χ4n) is 2.16. The molecule has 3 aromatic rings. The van der Waals surface area contributed by atoms with Gasteiger partial charge in [-0.25, -0.2) is 5.10 Å². The number of rotatable bonds is 6. The molecule has 0 amide bonds. The summed E-state index contributed by atoms with van der Waals surface area (Å²) in [7, 11) is 0. The average Bonchev–Trinajstić information content (AvgIpc) is 3.29. The molecule has 12 nitrogen and oxygen atoms in total. The van der Waals surface area contributed by atoms with Gasteiger partial charge < -0.3 is 24.6 Å². The van der Waals surface area contributed by atoms with Crippen molar-refractivity contribution in [3.05, 3.63) is 51.1 Å². The molecule has 1 aromatic carbocycles. The fourth-order valence-corrected chi connectivity index (χ4v) is 3.24. The van der Waals surface area contributed by atoms with Crippen LogP contribution in [0, 0.1) is 6.57 Å². The minimum absolute atomic E-state index is 0. The topological polar surface area (TPSA) is 173 Å². The minimum Gasteiger partial charge on any atom is -0.545 e. The standard InChI is InChI=1S/C15H9N7O5S2.2K/c1-16-10-9(17-18-14-19-20-15(28-2)29-14)11(23)22(21-10)8-4-6(12(24)25)3-7(5-8)13(26)27;;/h3-5,21H,2H3,(H,24,25)(H,26,27);;/q;2*+1/p-2. The van der Waals surface area contributed by atoms with Crippen LogP contribution in [0.3, 0.4) is 0 Å². The maximum atomic E-state index is 12.7. The molecule has 0 saturated heterocycles. The molecule has 1 N–H and O–H groups in total. The summed E-state index contributed by atoms with van der Waals surface area (Å²) in [4.78, 5) is 38.1. The minimum atomic E-state index is -1.65. The first-order valence-corrected chi connectivity index (χ1v) is 9.48. The summed E-state index contributed by atoms with van der Waals surface area (Å²) < 4.78 is 1.40. The van der Waals surface area contributed by atoms with Gasteiger partial charge in [0.25, 0.3) is 10.9 Å². The third-order valence-corrected chi connectivity index (χ3v) is 5.20. The molecule has 2 heterocycles. The van der Waals surface area contributed by atoms with Crippen LogP contribution < -0.4 is 119 Å². The molecule has 31 heavy (non-hydrogen) atoms. The Morgan fingerprint density at radius 3 is 2.26 bits per heavy atom. The van der Waals surface area contributed by atoms with Gasteiger partial charge >= 0.3 is 108 Å². The first kappa shape index (κ1) is 28.5. The van der Waals surface area contributed by atoms with E-state index >= 15 is 0 Å². The number of hydrogen-bond donors (Lipinski definition) is 1. The molecule has 0 fully saturated rings. The zero-order valence-corrected chi connectivity index (χ0v) is 24.2. The van der Waals surface area contributed by atoms with Crippen molar-refractivity contribution in [2.45, 2.75) is 4.34 Å². The monoisotopic (exact) mass is 507 g/mol. The molecule has 0 atom stereocenters. The van der Waals surface area contributed by atoms with Gasteiger partial charge in [0, 0.05) is 11.1 Å². The number of thioether (sulfide) groups is 1. The van der Waals surface area contributed by atoms with E-state index in [2.05, 4.69) is 30.4 Å². The Morgan fingerprint density at radius 1 is 1.16 bits per heavy atom. The zero-order valence-electron chi connectivity index (χ0n) is 16.3. The van der Waals surface area contributed by atoms with Crippen LogP contribution in [0.15, 0.2) is 37.6 Å². The van der Waals surface area contributed by atoms with E-state index in [-0.39, 0.29) is 125 Å². The first-order valence-electron chi connectivity index (χ1n) is 7.44. The maximum absolute atomic E-state index is 12.7. The number of nitrogens with zero attached hydrogens (tertiary/aromatic N) is 6. The summed E-state index contributed by atoms with van der Waals surface area (Å²) in [5, 5.41) is 40.0. The maximum Gasteiger partial charge on any atom is 1.00 e. The van der Waals surface area contributed by atoms with Crippen LogP contribution >= 0.6 is 23.1 Å². The number of hydrogen-bond acceptors (Lipinski definition) is 11. The van der Waals surface area contributed by atoms with E-state index in [1.807, 2.05) is 0 Å². The molecular formula is C15H7K2N7O5S2. The summed E-state index contributed by atoms with van der Waals surface area (Å²) in [6.07, 6.45) is 1.80. The Morgan fingerprint density at radius 2 is 1.77 bits per heavy atom. The fraction of sp³-hybridized carbons (Fsp3) is 0.0667. The molecule has 0 unspecified atom stereocenters. The van der Waals surface area contributed by atoms with Crippen LogP contribution in [-0.4, -0.2) is 38.2 Å². The number of azo groups is 1. The van der Waals surface area contributed by atoms with Gasteiger partial charge in [0.2, 0.25) is 0 Å². The van der Waals surface area contributed by atoms with Crippen LogP contribution in [0.2, 0.25) is 0 Å². The summed E-state index contributed by atoms with van der Waals surface area (Å²) in [5.74, 6) is -3.59. The first-order chi connectivity index (χ1) is 13.8. The zero-order chi connectivity index (χ0) is 21.1. The van der Waals surface area contributed by atoms with E-state index in [1.165, 1.54) is 11.8 Å². The number of benzene rings is 1. The number of aromatic nitrogens is 4. The van der Waals surface area contributed by atoms with Gasteiger partial charge in [0.15, 0.2) is 10.0 Å². The van der Waals surface area contributed by atoms with Crippen molar-refractivity contribution in [1.82, 2.24) is 20.0 Å². The van der Waals surface area contributed by atoms with E-state index in [0.717, 1.165) is 34.2 Å². The molecule has 0 saturated carbocycles. The molecule has 146 valence electrons.